The lowest BCUT2D eigenvalue weighted by atomic mass is 9.98. The number of methoxy groups -OCH3 is 1. The molecule has 3 aromatic rings. The second kappa shape index (κ2) is 9.08. The highest BCUT2D eigenvalue weighted by Crippen LogP contribution is 2.37. The Labute approximate surface area is 185 Å². The zero-order chi connectivity index (χ0) is 22.9. The number of phosphoric acid groups is 1. The number of aromatic nitrogens is 1. The lowest BCUT2D eigenvalue weighted by Gasteiger charge is -2.29. The van der Waals surface area contributed by atoms with E-state index in [4.69, 9.17) is 9.47 Å². The summed E-state index contributed by atoms with van der Waals surface area (Å²) in [4.78, 5) is 36.1. The third-order valence-corrected chi connectivity index (χ3v) is 6.03. The van der Waals surface area contributed by atoms with Gasteiger partial charge in [0.2, 0.25) is 0 Å². The summed E-state index contributed by atoms with van der Waals surface area (Å²) in [6.45, 7) is 1.86. The van der Waals surface area contributed by atoms with Crippen molar-refractivity contribution in [2.75, 3.05) is 13.7 Å². The number of ether oxygens (including phenoxy) is 2. The minimum absolute atomic E-state index is 0.172. The first-order valence-corrected chi connectivity index (χ1v) is 11.9. The summed E-state index contributed by atoms with van der Waals surface area (Å²) >= 11 is 0. The van der Waals surface area contributed by atoms with Crippen LogP contribution in [-0.4, -0.2) is 18.3 Å². The molecule has 0 radical (unpaired) electrons. The van der Waals surface area contributed by atoms with Gasteiger partial charge in [0.05, 0.1) is 32.4 Å². The zero-order valence-corrected chi connectivity index (χ0v) is 18.9. The summed E-state index contributed by atoms with van der Waals surface area (Å²) in [7, 11) is -3.67. The van der Waals surface area contributed by atoms with Crippen molar-refractivity contribution in [2.45, 2.75) is 39.3 Å². The molecule has 0 saturated heterocycles. The van der Waals surface area contributed by atoms with Crippen LogP contribution in [0.5, 0.6) is 11.5 Å². The normalized spacial score (nSPS) is 13.4. The van der Waals surface area contributed by atoms with Crippen molar-refractivity contribution in [3.05, 3.63) is 57.9 Å². The molecule has 2 aromatic carbocycles. The van der Waals surface area contributed by atoms with Crippen LogP contribution in [0.4, 0.5) is 0 Å². The number of nitrogens with zero attached hydrogens (tertiary/aromatic N) is 1. The van der Waals surface area contributed by atoms with Gasteiger partial charge in [-0.3, -0.25) is 4.79 Å². The van der Waals surface area contributed by atoms with Gasteiger partial charge in [0, 0.05) is 11.8 Å². The summed E-state index contributed by atoms with van der Waals surface area (Å²) in [5.41, 5.74) is 3.27. The zero-order valence-electron chi connectivity index (χ0n) is 18.0. The largest absolute Gasteiger partial charge is 0.790 e. The van der Waals surface area contributed by atoms with Crippen molar-refractivity contribution in [3.63, 3.8) is 0 Å². The minimum atomic E-state index is -5.23. The number of hydrogen-bond donors (Lipinski definition) is 0. The van der Waals surface area contributed by atoms with Crippen molar-refractivity contribution >= 4 is 18.7 Å². The maximum atomic E-state index is 13.7. The van der Waals surface area contributed by atoms with Crippen LogP contribution in [0, 0.1) is 0 Å². The van der Waals surface area contributed by atoms with Gasteiger partial charge in [0.15, 0.2) is 5.43 Å². The highest BCUT2D eigenvalue weighted by atomic mass is 31.2. The predicted octanol–water partition coefficient (Wildman–Crippen LogP) is 2.76. The van der Waals surface area contributed by atoms with Gasteiger partial charge in [-0.2, -0.15) is 0 Å². The number of hydrogen-bond acceptors (Lipinski definition) is 7. The second-order valence-electron chi connectivity index (χ2n) is 7.71. The van der Waals surface area contributed by atoms with E-state index in [0.717, 1.165) is 36.8 Å². The molecule has 0 fully saturated rings. The molecule has 32 heavy (non-hydrogen) atoms. The van der Waals surface area contributed by atoms with Crippen LogP contribution in [-0.2, 0) is 28.7 Å². The molecule has 0 atom stereocenters. The Morgan fingerprint density at radius 3 is 2.56 bits per heavy atom. The summed E-state index contributed by atoms with van der Waals surface area (Å²) < 4.78 is 28.4. The van der Waals surface area contributed by atoms with Crippen molar-refractivity contribution in [3.8, 4) is 22.6 Å². The quantitative estimate of drug-likeness (QED) is 0.478. The lowest BCUT2D eigenvalue weighted by Crippen LogP contribution is -2.20. The molecule has 170 valence electrons. The number of benzene rings is 2. The molecule has 1 aliphatic carbocycles. The molecule has 0 spiro atoms. The van der Waals surface area contributed by atoms with Crippen LogP contribution in [0.1, 0.15) is 30.9 Å². The van der Waals surface area contributed by atoms with Gasteiger partial charge < -0.3 is 32.9 Å². The molecule has 4 rings (SSSR count). The van der Waals surface area contributed by atoms with Gasteiger partial charge in [0.1, 0.15) is 18.2 Å². The fraction of sp³-hybridized carbons (Fsp3) is 0.348. The molecular formula is C23H24NO7P-2. The third-order valence-electron chi connectivity index (χ3n) is 5.60. The van der Waals surface area contributed by atoms with Crippen LogP contribution in [0.25, 0.3) is 22.0 Å². The third kappa shape index (κ3) is 4.45. The summed E-state index contributed by atoms with van der Waals surface area (Å²) in [6.07, 6.45) is 4.78. The predicted molar refractivity (Wildman–Crippen MR) is 117 cm³/mol. The molecule has 0 N–H and O–H groups in total. The van der Waals surface area contributed by atoms with E-state index in [1.54, 1.807) is 31.4 Å². The molecule has 0 unspecified atom stereocenters. The SMILES string of the molecule is CCCOc1cc2c(c3c(=O)c(-c4ccc(OC)cc4)cn(COP(=O)([O-])[O-])c13)CCC2. The number of fused-ring (bicyclic) bond motifs is 3. The smallest absolute Gasteiger partial charge is 0.197 e. The van der Waals surface area contributed by atoms with E-state index in [9.17, 15) is 19.1 Å². The standard InChI is InChI=1S/C23H26NO7P/c1-3-11-30-20-12-16-5-4-6-18(16)21-22(20)24(14-31-32(26,27)28)13-19(23(21)25)15-7-9-17(29-2)10-8-15/h7-10,12-13H,3-6,11,14H2,1-2H3,(H2,26,27,28)/p-2. The lowest BCUT2D eigenvalue weighted by molar-refractivity contribution is -0.344. The van der Waals surface area contributed by atoms with E-state index in [1.807, 2.05) is 13.0 Å². The Morgan fingerprint density at radius 2 is 1.91 bits per heavy atom. The minimum Gasteiger partial charge on any atom is -0.790 e. The molecular weight excluding hydrogens is 433 g/mol. The molecule has 0 bridgehead atoms. The summed E-state index contributed by atoms with van der Waals surface area (Å²) in [6, 6.07) is 8.92. The Morgan fingerprint density at radius 1 is 1.16 bits per heavy atom. The van der Waals surface area contributed by atoms with Crippen LogP contribution in [0.3, 0.4) is 0 Å². The number of aryl methyl sites for hydroxylation is 2. The maximum Gasteiger partial charge on any atom is 0.197 e. The number of phosphoric ester groups is 1. The van der Waals surface area contributed by atoms with Gasteiger partial charge in [-0.25, -0.2) is 0 Å². The number of rotatable bonds is 8. The average Bonchev–Trinajstić information content (AvgIpc) is 3.24. The van der Waals surface area contributed by atoms with Crippen LogP contribution in [0.2, 0.25) is 0 Å². The van der Waals surface area contributed by atoms with E-state index in [-0.39, 0.29) is 5.43 Å². The first kappa shape index (κ1) is 22.6. The fourth-order valence-corrected chi connectivity index (χ4v) is 4.45. The molecule has 1 heterocycles. The monoisotopic (exact) mass is 457 g/mol. The Kier molecular flexibility index (Phi) is 6.40. The van der Waals surface area contributed by atoms with E-state index < -0.39 is 14.6 Å². The second-order valence-corrected chi connectivity index (χ2v) is 8.87. The molecule has 1 aromatic heterocycles. The van der Waals surface area contributed by atoms with Crippen molar-refractivity contribution in [1.82, 2.24) is 4.57 Å². The highest BCUT2D eigenvalue weighted by Gasteiger charge is 2.24. The first-order chi connectivity index (χ1) is 15.3. The highest BCUT2D eigenvalue weighted by molar-refractivity contribution is 7.43. The van der Waals surface area contributed by atoms with Crippen molar-refractivity contribution in [2.24, 2.45) is 0 Å². The topological polar surface area (TPSA) is 113 Å². The van der Waals surface area contributed by atoms with Crippen LogP contribution >= 0.6 is 7.82 Å². The first-order valence-electron chi connectivity index (χ1n) is 10.5. The van der Waals surface area contributed by atoms with E-state index in [0.29, 0.717) is 40.1 Å². The van der Waals surface area contributed by atoms with Crippen LogP contribution in [0.15, 0.2) is 41.3 Å². The molecule has 8 nitrogen and oxygen atoms in total. The van der Waals surface area contributed by atoms with Gasteiger partial charge in [-0.1, -0.05) is 19.1 Å². The average molecular weight is 457 g/mol. The Hall–Kier alpha value is -2.64. The van der Waals surface area contributed by atoms with Gasteiger partial charge in [-0.15, -0.1) is 0 Å². The van der Waals surface area contributed by atoms with E-state index in [2.05, 4.69) is 4.52 Å². The Bertz CT molecular complexity index is 1240. The van der Waals surface area contributed by atoms with Crippen molar-refractivity contribution < 1.29 is 28.3 Å². The van der Waals surface area contributed by atoms with Gasteiger partial charge in [0.25, 0.3) is 0 Å². The molecule has 0 saturated carbocycles. The summed E-state index contributed by atoms with van der Waals surface area (Å²) in [5.74, 6) is 1.13. The Balaban J connectivity index is 2.00. The maximum absolute atomic E-state index is 13.7. The van der Waals surface area contributed by atoms with Crippen molar-refractivity contribution in [1.29, 1.82) is 0 Å². The van der Waals surface area contributed by atoms with Gasteiger partial charge >= 0.3 is 0 Å². The molecule has 0 aliphatic heterocycles. The van der Waals surface area contributed by atoms with Crippen LogP contribution < -0.4 is 24.7 Å². The number of pyridine rings is 1. The molecule has 1 aliphatic rings. The van der Waals surface area contributed by atoms with E-state index >= 15 is 0 Å². The fourth-order valence-electron chi connectivity index (χ4n) is 4.18. The molecule has 9 heteroatoms. The van der Waals surface area contributed by atoms with Gasteiger partial charge in [-0.05, 0) is 60.6 Å². The molecule has 0 amide bonds. The van der Waals surface area contributed by atoms with E-state index in [1.165, 1.54) is 10.8 Å². The summed E-state index contributed by atoms with van der Waals surface area (Å²) in [5, 5.41) is 0.481.